The molecule has 1 saturated carbocycles. The van der Waals surface area contributed by atoms with Gasteiger partial charge in [0.1, 0.15) is 0 Å². The van der Waals surface area contributed by atoms with E-state index in [4.69, 9.17) is 11.6 Å². The molecule has 3 aromatic rings. The number of carbonyl (C=O) groups excluding carboxylic acids is 1. The minimum absolute atomic E-state index is 0.00297. The average Bonchev–Trinajstić information content (AvgIpc) is 3.49. The van der Waals surface area contributed by atoms with E-state index in [1.165, 1.54) is 0 Å². The van der Waals surface area contributed by atoms with Gasteiger partial charge in [0.05, 0.1) is 11.7 Å². The molecule has 1 aromatic carbocycles. The Morgan fingerprint density at radius 2 is 2.09 bits per heavy atom. The van der Waals surface area contributed by atoms with Crippen molar-refractivity contribution in [2.45, 2.75) is 50.5 Å². The summed E-state index contributed by atoms with van der Waals surface area (Å²) >= 11 is 6.48. The van der Waals surface area contributed by atoms with Gasteiger partial charge in [-0.05, 0) is 69.6 Å². The molecule has 0 aliphatic heterocycles. The number of pyridine rings is 1. The Morgan fingerprint density at radius 1 is 1.32 bits per heavy atom. The van der Waals surface area contributed by atoms with Gasteiger partial charge in [0.15, 0.2) is 0 Å². The number of hydrogen-bond acceptors (Lipinski definition) is 4. The first-order valence-corrected chi connectivity index (χ1v) is 11.8. The Labute approximate surface area is 203 Å². The smallest absolute Gasteiger partial charge is 0.251 e. The number of likely N-dealkylation sites (N-methyl/N-ethyl adjacent to an activating group) is 1. The number of benzene rings is 1. The van der Waals surface area contributed by atoms with Crippen LogP contribution in [-0.2, 0) is 11.2 Å². The highest BCUT2D eigenvalue weighted by molar-refractivity contribution is 6.32. The van der Waals surface area contributed by atoms with E-state index in [-0.39, 0.29) is 18.4 Å². The Balaban J connectivity index is 1.45. The highest BCUT2D eigenvalue weighted by Crippen LogP contribution is 2.65. The molecule has 2 N–H and O–H groups in total. The predicted molar refractivity (Wildman–Crippen MR) is 129 cm³/mol. The van der Waals surface area contributed by atoms with E-state index in [2.05, 4.69) is 20.5 Å². The summed E-state index contributed by atoms with van der Waals surface area (Å²) in [5, 5.41) is 11.5. The molecular weight excluding hydrogens is 460 g/mol. The number of amides is 1. The van der Waals surface area contributed by atoms with Gasteiger partial charge in [-0.3, -0.25) is 14.9 Å². The molecule has 1 amide bonds. The largest absolute Gasteiger partial charge is 0.355 e. The number of nitrogens with one attached hydrogen (secondary N) is 2. The Hall–Kier alpha value is -2.58. The zero-order valence-corrected chi connectivity index (χ0v) is 20.4. The first-order chi connectivity index (χ1) is 16.1. The number of nitrogens with zero attached hydrogens (tertiary/aromatic N) is 3. The second kappa shape index (κ2) is 9.58. The highest BCUT2D eigenvalue weighted by atomic mass is 35.5. The number of rotatable bonds is 10. The van der Waals surface area contributed by atoms with Crippen molar-refractivity contribution in [1.82, 2.24) is 25.4 Å². The third kappa shape index (κ3) is 5.08. The third-order valence-corrected chi connectivity index (χ3v) is 7.49. The lowest BCUT2D eigenvalue weighted by Crippen LogP contribution is -2.43. The number of H-pyrrole nitrogens is 1. The number of carbonyl (C=O) groups is 1. The minimum atomic E-state index is -2.87. The second-order valence-electron chi connectivity index (χ2n) is 9.61. The normalized spacial score (nSPS) is 17.0. The molecular formula is C25H30ClF2N5O. The number of halogens is 3. The molecule has 34 heavy (non-hydrogen) atoms. The van der Waals surface area contributed by atoms with Crippen LogP contribution in [0.2, 0.25) is 5.02 Å². The third-order valence-electron chi connectivity index (χ3n) is 7.13. The van der Waals surface area contributed by atoms with Crippen molar-refractivity contribution < 1.29 is 13.6 Å². The summed E-state index contributed by atoms with van der Waals surface area (Å²) in [4.78, 5) is 19.1. The molecule has 1 fully saturated rings. The van der Waals surface area contributed by atoms with Crippen molar-refractivity contribution in [3.05, 3.63) is 59.0 Å². The number of alkyl halides is 2. The van der Waals surface area contributed by atoms with Gasteiger partial charge in [-0.15, -0.1) is 0 Å². The molecule has 4 rings (SSSR count). The van der Waals surface area contributed by atoms with E-state index in [1.54, 1.807) is 30.7 Å². The molecule has 6 nitrogen and oxygen atoms in total. The molecule has 182 valence electrons. The van der Waals surface area contributed by atoms with Crippen LogP contribution in [0, 0.1) is 5.41 Å². The van der Waals surface area contributed by atoms with Crippen LogP contribution in [0.5, 0.6) is 0 Å². The van der Waals surface area contributed by atoms with Crippen LogP contribution < -0.4 is 5.32 Å². The van der Waals surface area contributed by atoms with Crippen LogP contribution in [0.4, 0.5) is 8.78 Å². The van der Waals surface area contributed by atoms with E-state index in [0.29, 0.717) is 36.4 Å². The van der Waals surface area contributed by atoms with Gasteiger partial charge < -0.3 is 10.2 Å². The fourth-order valence-electron chi connectivity index (χ4n) is 4.79. The molecule has 0 bridgehead atoms. The summed E-state index contributed by atoms with van der Waals surface area (Å²) in [5.41, 5.74) is 1.31. The molecule has 2 atom stereocenters. The molecule has 2 heterocycles. The number of aromatic amines is 1. The van der Waals surface area contributed by atoms with E-state index >= 15 is 0 Å². The summed E-state index contributed by atoms with van der Waals surface area (Å²) in [7, 11) is 3.88. The monoisotopic (exact) mass is 489 g/mol. The van der Waals surface area contributed by atoms with Crippen LogP contribution in [0.25, 0.3) is 10.9 Å². The molecule has 0 spiro atoms. The van der Waals surface area contributed by atoms with Crippen LogP contribution in [0.3, 0.4) is 0 Å². The first kappa shape index (κ1) is 24.5. The maximum absolute atomic E-state index is 14.6. The van der Waals surface area contributed by atoms with Gasteiger partial charge in [0, 0.05) is 53.1 Å². The SMILES string of the molecule is CN(C)[C@H](CNC(=O)C[C@@H](c1cccnc1)C1(C(C)(F)F)CC1)Cc1cc2cn[nH]c2cc1Cl. The van der Waals surface area contributed by atoms with Crippen molar-refractivity contribution in [2.24, 2.45) is 5.41 Å². The van der Waals surface area contributed by atoms with Gasteiger partial charge in [0.2, 0.25) is 5.91 Å². The van der Waals surface area contributed by atoms with Gasteiger partial charge in [-0.2, -0.15) is 5.10 Å². The maximum Gasteiger partial charge on any atom is 0.251 e. The van der Waals surface area contributed by atoms with E-state index in [9.17, 15) is 13.6 Å². The van der Waals surface area contributed by atoms with Crippen molar-refractivity contribution in [3.8, 4) is 0 Å². The van der Waals surface area contributed by atoms with Crippen LogP contribution in [0.1, 0.15) is 43.2 Å². The fraction of sp³-hybridized carbons (Fsp3) is 0.480. The van der Waals surface area contributed by atoms with E-state index in [0.717, 1.165) is 23.4 Å². The predicted octanol–water partition coefficient (Wildman–Crippen LogP) is 4.81. The van der Waals surface area contributed by atoms with Crippen molar-refractivity contribution in [2.75, 3.05) is 20.6 Å². The molecule has 0 radical (unpaired) electrons. The van der Waals surface area contributed by atoms with Gasteiger partial charge in [-0.1, -0.05) is 17.7 Å². The zero-order valence-electron chi connectivity index (χ0n) is 19.6. The molecule has 2 aromatic heterocycles. The molecule has 1 aliphatic carbocycles. The van der Waals surface area contributed by atoms with Gasteiger partial charge in [0.25, 0.3) is 5.92 Å². The van der Waals surface area contributed by atoms with Gasteiger partial charge >= 0.3 is 0 Å². The molecule has 9 heteroatoms. The summed E-state index contributed by atoms with van der Waals surface area (Å²) in [6.07, 6.45) is 6.38. The van der Waals surface area contributed by atoms with Crippen LogP contribution in [-0.4, -0.2) is 58.6 Å². The fourth-order valence-corrected chi connectivity index (χ4v) is 5.03. The summed E-state index contributed by atoms with van der Waals surface area (Å²) < 4.78 is 29.1. The topological polar surface area (TPSA) is 73.9 Å². The minimum Gasteiger partial charge on any atom is -0.355 e. The standard InChI is InChI=1S/C25H30ClF2N5O/c1-24(27,28)25(6-7-25)20(16-5-4-8-29-13-16)11-23(34)30-15-19(33(2)3)10-17-9-18-14-31-32-22(18)12-21(17)26/h4-5,8-9,12-14,19-20H,6-7,10-11,15H2,1-3H3,(H,30,34)(H,31,32)/t19-,20-/m0/s1. The summed E-state index contributed by atoms with van der Waals surface area (Å²) in [6, 6.07) is 7.34. The second-order valence-corrected chi connectivity index (χ2v) is 10.0. The van der Waals surface area contributed by atoms with Crippen LogP contribution in [0.15, 0.2) is 42.9 Å². The molecule has 0 unspecified atom stereocenters. The van der Waals surface area contributed by atoms with Crippen molar-refractivity contribution >= 4 is 28.4 Å². The maximum atomic E-state index is 14.6. The quantitative estimate of drug-likeness (QED) is 0.428. The highest BCUT2D eigenvalue weighted by Gasteiger charge is 2.63. The van der Waals surface area contributed by atoms with E-state index < -0.39 is 17.3 Å². The number of fused-ring (bicyclic) bond motifs is 1. The van der Waals surface area contributed by atoms with Crippen LogP contribution >= 0.6 is 11.6 Å². The van der Waals surface area contributed by atoms with Crippen molar-refractivity contribution in [1.29, 1.82) is 0 Å². The lowest BCUT2D eigenvalue weighted by Gasteiger charge is -2.32. The zero-order chi connectivity index (χ0) is 24.5. The van der Waals surface area contributed by atoms with E-state index in [1.807, 2.05) is 31.1 Å². The Kier molecular flexibility index (Phi) is 6.92. The first-order valence-electron chi connectivity index (χ1n) is 11.4. The number of aromatic nitrogens is 3. The average molecular weight is 490 g/mol. The summed E-state index contributed by atoms with van der Waals surface area (Å²) in [6.45, 7) is 1.34. The Morgan fingerprint density at radius 3 is 2.71 bits per heavy atom. The van der Waals surface area contributed by atoms with Gasteiger partial charge in [-0.25, -0.2) is 8.78 Å². The summed E-state index contributed by atoms with van der Waals surface area (Å²) in [5.74, 6) is -3.70. The lowest BCUT2D eigenvalue weighted by atomic mass is 9.77. The van der Waals surface area contributed by atoms with Crippen molar-refractivity contribution in [3.63, 3.8) is 0 Å². The molecule has 1 aliphatic rings. The Bertz CT molecular complexity index is 1140. The molecule has 0 saturated heterocycles. The number of hydrogen-bond donors (Lipinski definition) is 2. The lowest BCUT2D eigenvalue weighted by molar-refractivity contribution is -0.123.